The normalized spacial score (nSPS) is 13.0. The maximum Gasteiger partial charge on any atom is 0.416 e. The molecule has 0 unspecified atom stereocenters. The molecule has 0 saturated carbocycles. The lowest BCUT2D eigenvalue weighted by atomic mass is 10.1. The molecule has 0 atom stereocenters. The summed E-state index contributed by atoms with van der Waals surface area (Å²) in [6.07, 6.45) is -8.70. The highest BCUT2D eigenvalue weighted by atomic mass is 19.4. The van der Waals surface area contributed by atoms with Crippen molar-refractivity contribution >= 4 is 5.69 Å². The quantitative estimate of drug-likeness (QED) is 0.665. The predicted octanol–water partition coefficient (Wildman–Crippen LogP) is 3.70. The van der Waals surface area contributed by atoms with Crippen molar-refractivity contribution in [3.05, 3.63) is 29.3 Å². The van der Waals surface area contributed by atoms with Crippen molar-refractivity contribution in [1.82, 2.24) is 0 Å². The van der Waals surface area contributed by atoms with E-state index in [9.17, 15) is 30.7 Å². The number of nitrogen functional groups attached to an aromatic ring is 1. The van der Waals surface area contributed by atoms with Crippen LogP contribution in [0.15, 0.2) is 18.2 Å². The van der Waals surface area contributed by atoms with E-state index >= 15 is 0 Å². The summed E-state index contributed by atoms with van der Waals surface area (Å²) in [6, 6.07) is 2.68. The van der Waals surface area contributed by atoms with Gasteiger partial charge in [-0.05, 0) is 17.7 Å². The lowest BCUT2D eigenvalue weighted by Gasteiger charge is -2.17. The van der Waals surface area contributed by atoms with Crippen LogP contribution >= 0.6 is 0 Å². The van der Waals surface area contributed by atoms with Crippen LogP contribution in [0.2, 0.25) is 0 Å². The average molecular weight is 305 g/mol. The minimum Gasteiger partial charge on any atom is -0.399 e. The van der Waals surface area contributed by atoms with E-state index in [0.717, 1.165) is 12.1 Å². The van der Waals surface area contributed by atoms with E-state index in [4.69, 9.17) is 5.73 Å². The van der Waals surface area contributed by atoms with Gasteiger partial charge in [0.1, 0.15) is 6.61 Å². The zero-order valence-electron chi connectivity index (χ0n) is 9.85. The monoisotopic (exact) mass is 305 g/mol. The molecule has 0 aliphatic rings. The number of benzene rings is 1. The number of alkyl halides is 7. The van der Waals surface area contributed by atoms with Crippen LogP contribution in [0.25, 0.3) is 0 Å². The van der Waals surface area contributed by atoms with Gasteiger partial charge in [-0.3, -0.25) is 0 Å². The second-order valence-electron chi connectivity index (χ2n) is 3.97. The van der Waals surface area contributed by atoms with Crippen LogP contribution in [0.1, 0.15) is 11.1 Å². The number of anilines is 1. The summed E-state index contributed by atoms with van der Waals surface area (Å²) in [5, 5.41) is 0. The minimum absolute atomic E-state index is 0.168. The number of ether oxygens (including phenoxy) is 1. The third kappa shape index (κ3) is 4.26. The van der Waals surface area contributed by atoms with E-state index in [0.29, 0.717) is 6.07 Å². The van der Waals surface area contributed by atoms with Crippen LogP contribution in [0.4, 0.5) is 36.4 Å². The van der Waals surface area contributed by atoms with Gasteiger partial charge in [-0.25, -0.2) is 8.78 Å². The fraction of sp³-hybridized carbons (Fsp3) is 0.455. The van der Waals surface area contributed by atoms with Gasteiger partial charge >= 0.3 is 18.5 Å². The minimum atomic E-state index is -4.75. The molecule has 2 nitrogen and oxygen atoms in total. The van der Waals surface area contributed by atoms with E-state index in [1.807, 2.05) is 0 Å². The summed E-state index contributed by atoms with van der Waals surface area (Å²) in [6.45, 7) is -2.55. The van der Waals surface area contributed by atoms with Crippen LogP contribution in [0, 0.1) is 0 Å². The third-order valence-corrected chi connectivity index (χ3v) is 2.31. The van der Waals surface area contributed by atoms with E-state index in [-0.39, 0.29) is 5.69 Å². The van der Waals surface area contributed by atoms with Gasteiger partial charge in [0.05, 0.1) is 12.2 Å². The van der Waals surface area contributed by atoms with Crippen molar-refractivity contribution in [2.75, 3.05) is 12.3 Å². The summed E-state index contributed by atoms with van der Waals surface area (Å²) < 4.78 is 90.9. The van der Waals surface area contributed by atoms with E-state index in [1.54, 1.807) is 0 Å². The summed E-state index contributed by atoms with van der Waals surface area (Å²) >= 11 is 0. The molecule has 20 heavy (non-hydrogen) atoms. The molecule has 1 rings (SSSR count). The Balaban J connectivity index is 2.79. The molecule has 9 heteroatoms. The Morgan fingerprint density at radius 1 is 1.10 bits per heavy atom. The first kappa shape index (κ1) is 16.5. The largest absolute Gasteiger partial charge is 0.416 e. The van der Waals surface area contributed by atoms with Crippen LogP contribution in [0.3, 0.4) is 0 Å². The summed E-state index contributed by atoms with van der Waals surface area (Å²) in [5.74, 6) is -4.41. The van der Waals surface area contributed by atoms with Gasteiger partial charge in [-0.1, -0.05) is 6.07 Å². The van der Waals surface area contributed by atoms with E-state index < -0.39 is 42.9 Å². The van der Waals surface area contributed by atoms with Crippen LogP contribution in [0.5, 0.6) is 0 Å². The summed E-state index contributed by atoms with van der Waals surface area (Å²) in [4.78, 5) is 0. The molecule has 114 valence electrons. The first-order chi connectivity index (χ1) is 9.04. The highest BCUT2D eigenvalue weighted by Gasteiger charge is 2.41. The smallest absolute Gasteiger partial charge is 0.399 e. The van der Waals surface area contributed by atoms with Crippen molar-refractivity contribution in [2.45, 2.75) is 25.1 Å². The second-order valence-corrected chi connectivity index (χ2v) is 3.97. The van der Waals surface area contributed by atoms with Crippen LogP contribution < -0.4 is 5.73 Å². The molecule has 0 aromatic heterocycles. The van der Waals surface area contributed by atoms with Gasteiger partial charge in [-0.2, -0.15) is 22.0 Å². The van der Waals surface area contributed by atoms with Crippen LogP contribution in [-0.4, -0.2) is 19.0 Å². The Morgan fingerprint density at radius 3 is 2.20 bits per heavy atom. The molecule has 0 radical (unpaired) electrons. The van der Waals surface area contributed by atoms with Gasteiger partial charge in [0.15, 0.2) is 0 Å². The average Bonchev–Trinajstić information content (AvgIpc) is 2.29. The molecule has 2 N–H and O–H groups in total. The fourth-order valence-corrected chi connectivity index (χ4v) is 1.34. The summed E-state index contributed by atoms with van der Waals surface area (Å²) in [5.41, 5.74) is 3.42. The summed E-state index contributed by atoms with van der Waals surface area (Å²) in [7, 11) is 0. The van der Waals surface area contributed by atoms with Gasteiger partial charge in [-0.15, -0.1) is 0 Å². The van der Waals surface area contributed by atoms with Crippen molar-refractivity contribution in [2.24, 2.45) is 0 Å². The SMILES string of the molecule is Nc1ccc(COCC(F)(F)C(F)F)c(C(F)(F)F)c1. The molecular formula is C11H10F7NO. The predicted molar refractivity (Wildman–Crippen MR) is 56.5 cm³/mol. The highest BCUT2D eigenvalue weighted by molar-refractivity contribution is 5.45. The number of nitrogens with two attached hydrogens (primary N) is 1. The van der Waals surface area contributed by atoms with Crippen molar-refractivity contribution in [1.29, 1.82) is 0 Å². The molecule has 0 heterocycles. The van der Waals surface area contributed by atoms with E-state index in [2.05, 4.69) is 4.74 Å². The molecule has 1 aromatic rings. The Kier molecular flexibility index (Phi) is 4.85. The topological polar surface area (TPSA) is 35.2 Å². The van der Waals surface area contributed by atoms with E-state index in [1.165, 1.54) is 0 Å². The van der Waals surface area contributed by atoms with Gasteiger partial charge in [0.25, 0.3) is 0 Å². The molecule has 0 bridgehead atoms. The Morgan fingerprint density at radius 2 is 1.70 bits per heavy atom. The van der Waals surface area contributed by atoms with Crippen molar-refractivity contribution in [3.8, 4) is 0 Å². The Labute approximate surface area is 109 Å². The number of rotatable bonds is 5. The third-order valence-electron chi connectivity index (χ3n) is 2.31. The maximum absolute atomic E-state index is 12.6. The lowest BCUT2D eigenvalue weighted by molar-refractivity contribution is -0.169. The molecular weight excluding hydrogens is 295 g/mol. The standard InChI is InChI=1S/C11H10F7NO/c12-9(13)10(14,15)5-20-4-6-1-2-7(19)3-8(6)11(16,17)18/h1-3,9H,4-5,19H2. The van der Waals surface area contributed by atoms with Crippen molar-refractivity contribution < 1.29 is 35.5 Å². The maximum atomic E-state index is 12.6. The molecule has 0 amide bonds. The molecule has 0 aliphatic heterocycles. The van der Waals surface area contributed by atoms with Crippen molar-refractivity contribution in [3.63, 3.8) is 0 Å². The second kappa shape index (κ2) is 5.86. The van der Waals surface area contributed by atoms with Crippen LogP contribution in [-0.2, 0) is 17.5 Å². The number of halogens is 7. The Hall–Kier alpha value is -1.51. The van der Waals surface area contributed by atoms with Gasteiger partial charge < -0.3 is 10.5 Å². The molecule has 0 spiro atoms. The lowest BCUT2D eigenvalue weighted by Crippen LogP contribution is -2.32. The zero-order valence-corrected chi connectivity index (χ0v) is 9.85. The fourth-order valence-electron chi connectivity index (χ4n) is 1.34. The van der Waals surface area contributed by atoms with Gasteiger partial charge in [0, 0.05) is 5.69 Å². The molecule has 0 fully saturated rings. The molecule has 0 aliphatic carbocycles. The Bertz CT molecular complexity index is 459. The zero-order chi connectivity index (χ0) is 15.6. The highest BCUT2D eigenvalue weighted by Crippen LogP contribution is 2.34. The number of hydrogen-bond acceptors (Lipinski definition) is 2. The molecule has 1 aromatic carbocycles. The number of hydrogen-bond donors (Lipinski definition) is 1. The molecule has 0 saturated heterocycles. The van der Waals surface area contributed by atoms with Gasteiger partial charge in [0.2, 0.25) is 0 Å². The first-order valence-corrected chi connectivity index (χ1v) is 5.23. The first-order valence-electron chi connectivity index (χ1n) is 5.23.